The van der Waals surface area contributed by atoms with Crippen molar-refractivity contribution in [1.29, 1.82) is 0 Å². The van der Waals surface area contributed by atoms with Crippen molar-refractivity contribution in [3.63, 3.8) is 0 Å². The van der Waals surface area contributed by atoms with Crippen LogP contribution in [-0.2, 0) is 4.79 Å². The van der Waals surface area contributed by atoms with Crippen LogP contribution in [-0.4, -0.2) is 5.91 Å². The Bertz CT molecular complexity index is 446. The van der Waals surface area contributed by atoms with Gasteiger partial charge in [-0.25, -0.2) is 0 Å². The molecule has 1 amide bonds. The van der Waals surface area contributed by atoms with E-state index in [1.165, 1.54) is 25.7 Å². The molecule has 0 spiro atoms. The van der Waals surface area contributed by atoms with Crippen molar-refractivity contribution in [3.8, 4) is 0 Å². The molecule has 0 bridgehead atoms. The van der Waals surface area contributed by atoms with Gasteiger partial charge in [0.25, 0.3) is 0 Å². The van der Waals surface area contributed by atoms with Crippen LogP contribution in [0.25, 0.3) is 0 Å². The number of anilines is 1. The van der Waals surface area contributed by atoms with Gasteiger partial charge in [0.1, 0.15) is 0 Å². The minimum atomic E-state index is 0.0374. The molecule has 0 radical (unpaired) electrons. The van der Waals surface area contributed by atoms with Crippen LogP contribution in [0.5, 0.6) is 0 Å². The highest BCUT2D eigenvalue weighted by atomic mass is 16.1. The van der Waals surface area contributed by atoms with Crippen LogP contribution in [0, 0.1) is 17.8 Å². The molecular weight excluding hydrogens is 236 g/mol. The molecule has 2 saturated carbocycles. The van der Waals surface area contributed by atoms with E-state index in [0.29, 0.717) is 11.8 Å². The van der Waals surface area contributed by atoms with Gasteiger partial charge in [0.15, 0.2) is 0 Å². The van der Waals surface area contributed by atoms with Crippen molar-refractivity contribution < 1.29 is 4.79 Å². The molecule has 1 atom stereocenters. The summed E-state index contributed by atoms with van der Waals surface area (Å²) >= 11 is 0. The van der Waals surface area contributed by atoms with Crippen molar-refractivity contribution in [3.05, 3.63) is 29.8 Å². The van der Waals surface area contributed by atoms with Crippen molar-refractivity contribution >= 4 is 11.6 Å². The van der Waals surface area contributed by atoms with E-state index in [1.807, 2.05) is 31.2 Å². The average molecular weight is 258 g/mol. The van der Waals surface area contributed by atoms with Crippen LogP contribution in [0.4, 0.5) is 5.69 Å². The maximum atomic E-state index is 12.4. The van der Waals surface area contributed by atoms with Crippen LogP contribution in [0.1, 0.15) is 44.2 Å². The van der Waals surface area contributed by atoms with Crippen LogP contribution < -0.4 is 11.1 Å². The number of benzene rings is 1. The summed E-state index contributed by atoms with van der Waals surface area (Å²) in [5.41, 5.74) is 7.81. The lowest BCUT2D eigenvalue weighted by molar-refractivity contribution is -0.121. The molecule has 3 rings (SSSR count). The fraction of sp³-hybridized carbons (Fsp3) is 0.562. The first kappa shape index (κ1) is 12.7. The molecule has 0 aromatic heterocycles. The van der Waals surface area contributed by atoms with E-state index in [4.69, 9.17) is 5.73 Å². The largest absolute Gasteiger partial charge is 0.326 e. The smallest absolute Gasteiger partial charge is 0.228 e. The van der Waals surface area contributed by atoms with Crippen molar-refractivity contribution in [2.45, 2.75) is 38.6 Å². The van der Waals surface area contributed by atoms with Gasteiger partial charge in [-0.1, -0.05) is 12.1 Å². The second-order valence-corrected chi connectivity index (χ2v) is 6.10. The minimum Gasteiger partial charge on any atom is -0.326 e. The molecule has 1 unspecified atom stereocenters. The second-order valence-electron chi connectivity index (χ2n) is 6.10. The van der Waals surface area contributed by atoms with Gasteiger partial charge in [0.2, 0.25) is 5.91 Å². The first-order valence-corrected chi connectivity index (χ1v) is 7.31. The molecule has 2 fully saturated rings. The van der Waals surface area contributed by atoms with Gasteiger partial charge in [0.05, 0.1) is 0 Å². The molecule has 3 N–H and O–H groups in total. The number of rotatable bonds is 5. The molecule has 3 heteroatoms. The summed E-state index contributed by atoms with van der Waals surface area (Å²) in [6.07, 6.45) is 4.94. The maximum absolute atomic E-state index is 12.4. The average Bonchev–Trinajstić information content (AvgIpc) is 3.24. The van der Waals surface area contributed by atoms with Crippen LogP contribution in [0.2, 0.25) is 0 Å². The Labute approximate surface area is 114 Å². The Morgan fingerprint density at radius 3 is 2.11 bits per heavy atom. The Hall–Kier alpha value is -1.35. The molecule has 1 aromatic carbocycles. The van der Waals surface area contributed by atoms with Gasteiger partial charge < -0.3 is 11.1 Å². The molecule has 0 saturated heterocycles. The molecule has 102 valence electrons. The molecule has 0 aliphatic heterocycles. The number of nitrogens with one attached hydrogen (secondary N) is 1. The van der Waals surface area contributed by atoms with Gasteiger partial charge >= 0.3 is 0 Å². The first-order chi connectivity index (χ1) is 9.15. The number of amides is 1. The highest BCUT2D eigenvalue weighted by Crippen LogP contribution is 2.49. The van der Waals surface area contributed by atoms with Crippen molar-refractivity contribution in [1.82, 2.24) is 0 Å². The fourth-order valence-corrected chi connectivity index (χ4v) is 2.82. The van der Waals surface area contributed by atoms with E-state index in [-0.39, 0.29) is 17.9 Å². The summed E-state index contributed by atoms with van der Waals surface area (Å²) in [4.78, 5) is 12.4. The SMILES string of the molecule is CC(N)c1ccc(NC(=O)C(C2CC2)C2CC2)cc1. The lowest BCUT2D eigenvalue weighted by Gasteiger charge is -2.15. The third kappa shape index (κ3) is 2.98. The molecule has 1 aromatic rings. The molecule has 2 aliphatic carbocycles. The van der Waals surface area contributed by atoms with Gasteiger partial charge in [0, 0.05) is 17.6 Å². The van der Waals surface area contributed by atoms with Gasteiger partial charge in [-0.15, -0.1) is 0 Å². The number of hydrogen-bond acceptors (Lipinski definition) is 2. The van der Waals surface area contributed by atoms with E-state index >= 15 is 0 Å². The normalized spacial score (nSPS) is 20.4. The summed E-state index contributed by atoms with van der Waals surface area (Å²) in [6.45, 7) is 1.96. The quantitative estimate of drug-likeness (QED) is 0.852. The van der Waals surface area contributed by atoms with Crippen LogP contribution in [0.15, 0.2) is 24.3 Å². The lowest BCUT2D eigenvalue weighted by atomic mass is 9.97. The number of nitrogens with two attached hydrogens (primary N) is 1. The monoisotopic (exact) mass is 258 g/mol. The summed E-state index contributed by atoms with van der Waals surface area (Å²) in [6, 6.07) is 7.92. The maximum Gasteiger partial charge on any atom is 0.228 e. The molecule has 0 heterocycles. The highest BCUT2D eigenvalue weighted by Gasteiger charge is 2.45. The Morgan fingerprint density at radius 2 is 1.68 bits per heavy atom. The van der Waals surface area contributed by atoms with Crippen molar-refractivity contribution in [2.75, 3.05) is 5.32 Å². The zero-order valence-electron chi connectivity index (χ0n) is 11.4. The van der Waals surface area contributed by atoms with E-state index < -0.39 is 0 Å². The Morgan fingerprint density at radius 1 is 1.16 bits per heavy atom. The molecular formula is C16H22N2O. The lowest BCUT2D eigenvalue weighted by Crippen LogP contribution is -2.26. The van der Waals surface area contributed by atoms with Gasteiger partial charge in [-0.3, -0.25) is 4.79 Å². The van der Waals surface area contributed by atoms with Crippen LogP contribution >= 0.6 is 0 Å². The summed E-state index contributed by atoms with van der Waals surface area (Å²) in [7, 11) is 0. The van der Waals surface area contributed by atoms with Crippen molar-refractivity contribution in [2.24, 2.45) is 23.5 Å². The van der Waals surface area contributed by atoms with Gasteiger partial charge in [-0.2, -0.15) is 0 Å². The minimum absolute atomic E-state index is 0.0374. The molecule has 3 nitrogen and oxygen atoms in total. The summed E-state index contributed by atoms with van der Waals surface area (Å²) in [5, 5.41) is 3.07. The van der Waals surface area contributed by atoms with E-state index in [2.05, 4.69) is 5.32 Å². The van der Waals surface area contributed by atoms with Gasteiger partial charge in [-0.05, 0) is 62.1 Å². The zero-order valence-corrected chi connectivity index (χ0v) is 11.4. The van der Waals surface area contributed by atoms with Crippen LogP contribution in [0.3, 0.4) is 0 Å². The molecule has 2 aliphatic rings. The Kier molecular flexibility index (Phi) is 3.31. The van der Waals surface area contributed by atoms with E-state index in [9.17, 15) is 4.79 Å². The zero-order chi connectivity index (χ0) is 13.4. The number of carbonyl (C=O) groups excluding carboxylic acids is 1. The third-order valence-corrected chi connectivity index (χ3v) is 4.27. The molecule has 19 heavy (non-hydrogen) atoms. The van der Waals surface area contributed by atoms with E-state index in [1.54, 1.807) is 0 Å². The highest BCUT2D eigenvalue weighted by molar-refractivity contribution is 5.93. The third-order valence-electron chi connectivity index (χ3n) is 4.27. The topological polar surface area (TPSA) is 55.1 Å². The second kappa shape index (κ2) is 4.97. The fourth-order valence-electron chi connectivity index (χ4n) is 2.82. The summed E-state index contributed by atoms with van der Waals surface area (Å²) in [5.74, 6) is 1.78. The predicted molar refractivity (Wildman–Crippen MR) is 76.6 cm³/mol. The Balaban J connectivity index is 1.64. The number of hydrogen-bond donors (Lipinski definition) is 2. The summed E-state index contributed by atoms with van der Waals surface area (Å²) < 4.78 is 0. The standard InChI is InChI=1S/C16H22N2O/c1-10(17)11-6-8-14(9-7-11)18-16(19)15(12-2-3-12)13-4-5-13/h6-10,12-13,15H,2-5,17H2,1H3,(H,18,19). The number of carbonyl (C=O) groups is 1. The first-order valence-electron chi connectivity index (χ1n) is 7.31. The predicted octanol–water partition coefficient (Wildman–Crippen LogP) is 3.08. The van der Waals surface area contributed by atoms with E-state index in [0.717, 1.165) is 11.3 Å².